The van der Waals surface area contributed by atoms with Gasteiger partial charge in [-0.3, -0.25) is 14.6 Å². The number of carboxylic acids is 1. The van der Waals surface area contributed by atoms with Crippen LogP contribution in [0.25, 0.3) is 11.3 Å². The Morgan fingerprint density at radius 2 is 1.66 bits per heavy atom. The van der Waals surface area contributed by atoms with E-state index in [1.807, 2.05) is 59.3 Å². The van der Waals surface area contributed by atoms with Crippen molar-refractivity contribution in [3.05, 3.63) is 126 Å². The van der Waals surface area contributed by atoms with Crippen LogP contribution in [-0.2, 0) is 6.54 Å². The highest BCUT2D eigenvalue weighted by Gasteiger charge is 2.49. The second kappa shape index (κ2) is 12.5. The summed E-state index contributed by atoms with van der Waals surface area (Å²) in [5, 5.41) is 16.9. The van der Waals surface area contributed by atoms with E-state index in [2.05, 4.69) is 15.2 Å². The third kappa shape index (κ3) is 5.83. The maximum Gasteiger partial charge on any atom is 0.335 e. The van der Waals surface area contributed by atoms with E-state index in [0.717, 1.165) is 36.1 Å². The summed E-state index contributed by atoms with van der Waals surface area (Å²) in [5.41, 5.74) is 4.17. The third-order valence-electron chi connectivity index (χ3n) is 8.61. The second-order valence-electron chi connectivity index (χ2n) is 11.6. The first-order chi connectivity index (χ1) is 22.9. The number of guanidine groups is 1. The predicted octanol–water partition coefficient (Wildman–Crippen LogP) is 6.44. The van der Waals surface area contributed by atoms with Gasteiger partial charge >= 0.3 is 5.97 Å². The first-order valence-electron chi connectivity index (χ1n) is 15.5. The first-order valence-corrected chi connectivity index (χ1v) is 15.5. The number of fused-ring (bicyclic) bond motifs is 5. The molecule has 1 aliphatic carbocycles. The summed E-state index contributed by atoms with van der Waals surface area (Å²) in [6.45, 7) is 0.449. The van der Waals surface area contributed by atoms with Crippen LogP contribution in [0.5, 0.6) is 0 Å². The van der Waals surface area contributed by atoms with Gasteiger partial charge in [-0.15, -0.1) is 0 Å². The molecule has 5 aromatic rings. The molecule has 11 heteroatoms. The number of pyridine rings is 1. The lowest BCUT2D eigenvalue weighted by atomic mass is 10.1. The largest absolute Gasteiger partial charge is 0.478 e. The van der Waals surface area contributed by atoms with E-state index in [1.165, 1.54) is 6.07 Å². The van der Waals surface area contributed by atoms with Gasteiger partial charge in [0.25, 0.3) is 5.91 Å². The number of amides is 1. The Morgan fingerprint density at radius 1 is 0.936 bits per heavy atom. The number of aromatic nitrogens is 3. The van der Waals surface area contributed by atoms with Crippen molar-refractivity contribution in [1.29, 1.82) is 0 Å². The number of anilines is 3. The molecule has 3 aromatic carbocycles. The number of carbonyl (C=O) groups is 2. The maximum absolute atomic E-state index is 13.7. The minimum Gasteiger partial charge on any atom is -0.478 e. The summed E-state index contributed by atoms with van der Waals surface area (Å²) in [6, 6.07) is 31.1. The van der Waals surface area contributed by atoms with Gasteiger partial charge < -0.3 is 10.4 Å². The summed E-state index contributed by atoms with van der Waals surface area (Å²) in [5.74, 6) is 0.511. The summed E-state index contributed by atoms with van der Waals surface area (Å²) in [4.78, 5) is 36.6. The Morgan fingerprint density at radius 3 is 2.34 bits per heavy atom. The quantitative estimate of drug-likeness (QED) is 0.208. The molecule has 2 atom stereocenters. The van der Waals surface area contributed by atoms with Crippen molar-refractivity contribution >= 4 is 35.2 Å². The van der Waals surface area contributed by atoms with Gasteiger partial charge in [-0.1, -0.05) is 66.7 Å². The van der Waals surface area contributed by atoms with Gasteiger partial charge in [0.1, 0.15) is 11.4 Å². The standard InChI is InChI=1S/C29H26FN7O.C7H6O2/c1-35-28(38)25-26(31-20-7-3-2-4-8-20)36(34-27(25)37-23-11-5-10-22(23)33-29(35)37)17-18-13-15-19(16-14-18)21-9-6-12-24(30)32-21;8-7(9)6-4-2-1-3-5-6/h2-4,6-9,12-16,22-23,31H,5,10-11,17H2,1H3;1-5H,(H,8,9)/t22-,23+;/m1./s1. The topological polar surface area (TPSA) is 116 Å². The van der Waals surface area contributed by atoms with E-state index < -0.39 is 11.9 Å². The highest BCUT2D eigenvalue weighted by atomic mass is 19.1. The van der Waals surface area contributed by atoms with Gasteiger partial charge in [0.15, 0.2) is 5.82 Å². The molecular formula is C36H32FN7O3. The minimum atomic E-state index is -0.879. The van der Waals surface area contributed by atoms with Crippen LogP contribution in [0, 0.1) is 5.95 Å². The zero-order chi connectivity index (χ0) is 32.5. The van der Waals surface area contributed by atoms with Gasteiger partial charge in [0.2, 0.25) is 11.9 Å². The third-order valence-corrected chi connectivity index (χ3v) is 8.61. The average Bonchev–Trinajstić information content (AvgIpc) is 3.79. The monoisotopic (exact) mass is 629 g/mol. The van der Waals surface area contributed by atoms with Gasteiger partial charge in [0, 0.05) is 18.3 Å². The van der Waals surface area contributed by atoms with E-state index >= 15 is 0 Å². The molecule has 0 radical (unpaired) electrons. The predicted molar refractivity (Wildman–Crippen MR) is 178 cm³/mol. The molecule has 1 fully saturated rings. The molecule has 1 amide bonds. The number of hydrogen-bond acceptors (Lipinski definition) is 7. The number of aliphatic imine (C=N–C) groups is 1. The molecule has 2 N–H and O–H groups in total. The summed E-state index contributed by atoms with van der Waals surface area (Å²) in [7, 11) is 1.79. The number of benzene rings is 3. The van der Waals surface area contributed by atoms with Crippen molar-refractivity contribution in [2.45, 2.75) is 37.9 Å². The number of hydrogen-bond donors (Lipinski definition) is 2. The van der Waals surface area contributed by atoms with Gasteiger partial charge in [-0.05, 0) is 61.2 Å². The van der Waals surface area contributed by atoms with E-state index in [-0.39, 0.29) is 18.0 Å². The molecule has 2 aliphatic heterocycles. The maximum atomic E-state index is 13.7. The van der Waals surface area contributed by atoms with Crippen LogP contribution in [0.15, 0.2) is 108 Å². The number of carbonyl (C=O) groups excluding carboxylic acids is 1. The first kappa shape index (κ1) is 29.8. The summed E-state index contributed by atoms with van der Waals surface area (Å²) >= 11 is 0. The Bertz CT molecular complexity index is 1960. The Kier molecular flexibility index (Phi) is 7.95. The number of halogens is 1. The van der Waals surface area contributed by atoms with Crippen molar-refractivity contribution in [3.8, 4) is 11.3 Å². The van der Waals surface area contributed by atoms with E-state index in [9.17, 15) is 14.0 Å². The smallest absolute Gasteiger partial charge is 0.335 e. The lowest BCUT2D eigenvalue weighted by Gasteiger charge is -2.34. The number of nitrogens with zero attached hydrogens (tertiary/aromatic N) is 6. The zero-order valence-corrected chi connectivity index (χ0v) is 25.6. The fourth-order valence-electron chi connectivity index (χ4n) is 6.31. The second-order valence-corrected chi connectivity index (χ2v) is 11.6. The fraction of sp³-hybridized carbons (Fsp3) is 0.194. The number of aromatic carboxylic acids is 1. The van der Waals surface area contributed by atoms with Crippen LogP contribution in [0.1, 0.15) is 45.5 Å². The van der Waals surface area contributed by atoms with Gasteiger partial charge in [-0.2, -0.15) is 9.49 Å². The highest BCUT2D eigenvalue weighted by molar-refractivity contribution is 6.21. The molecule has 3 aliphatic rings. The molecule has 47 heavy (non-hydrogen) atoms. The average molecular weight is 630 g/mol. The molecule has 0 unspecified atom stereocenters. The molecule has 1 saturated carbocycles. The molecule has 2 aromatic heterocycles. The molecule has 4 heterocycles. The highest BCUT2D eigenvalue weighted by Crippen LogP contribution is 2.43. The van der Waals surface area contributed by atoms with E-state index in [1.54, 1.807) is 54.4 Å². The fourth-order valence-corrected chi connectivity index (χ4v) is 6.31. The van der Waals surface area contributed by atoms with Crippen LogP contribution in [0.3, 0.4) is 0 Å². The molecular weight excluding hydrogens is 597 g/mol. The van der Waals surface area contributed by atoms with E-state index in [0.29, 0.717) is 41.0 Å². The number of carboxylic acid groups (broad SMARTS) is 1. The number of para-hydroxylation sites is 1. The summed E-state index contributed by atoms with van der Waals surface area (Å²) in [6.07, 6.45) is 3.19. The Labute approximate surface area is 270 Å². The van der Waals surface area contributed by atoms with Crippen LogP contribution in [-0.4, -0.2) is 61.7 Å². The normalized spacial score (nSPS) is 17.7. The van der Waals surface area contributed by atoms with Crippen molar-refractivity contribution in [2.75, 3.05) is 17.3 Å². The molecule has 10 nitrogen and oxygen atoms in total. The van der Waals surface area contributed by atoms with E-state index in [4.69, 9.17) is 15.2 Å². The van der Waals surface area contributed by atoms with Gasteiger partial charge in [0.05, 0.1) is 29.9 Å². The molecule has 236 valence electrons. The zero-order valence-electron chi connectivity index (χ0n) is 25.6. The Hall–Kier alpha value is -5.84. The molecule has 8 rings (SSSR count). The van der Waals surface area contributed by atoms with Crippen molar-refractivity contribution < 1.29 is 19.1 Å². The molecule has 0 spiro atoms. The van der Waals surface area contributed by atoms with Crippen LogP contribution < -0.4 is 10.2 Å². The van der Waals surface area contributed by atoms with Crippen LogP contribution >= 0.6 is 0 Å². The Balaban J connectivity index is 0.000000340. The number of nitrogens with one attached hydrogen (secondary N) is 1. The van der Waals surface area contributed by atoms with Crippen LogP contribution in [0.4, 0.5) is 21.7 Å². The number of rotatable bonds is 6. The summed E-state index contributed by atoms with van der Waals surface area (Å²) < 4.78 is 15.5. The lowest BCUT2D eigenvalue weighted by Crippen LogP contribution is -2.51. The SMILES string of the molecule is CN1C(=O)c2c(nn(Cc3ccc(-c4cccc(F)n4)cc3)c2Nc2ccccc2)N2C1=N[C@@H]1CCC[C@@H]12.O=C(O)c1ccccc1. The van der Waals surface area contributed by atoms with Crippen molar-refractivity contribution in [1.82, 2.24) is 19.7 Å². The van der Waals surface area contributed by atoms with Crippen molar-refractivity contribution in [3.63, 3.8) is 0 Å². The minimum absolute atomic E-state index is 0.118. The van der Waals surface area contributed by atoms with Crippen LogP contribution in [0.2, 0.25) is 0 Å². The molecule has 0 saturated heterocycles. The van der Waals surface area contributed by atoms with Crippen molar-refractivity contribution in [2.24, 2.45) is 4.99 Å². The molecule has 0 bridgehead atoms. The van der Waals surface area contributed by atoms with Gasteiger partial charge in [-0.25, -0.2) is 19.5 Å². The lowest BCUT2D eigenvalue weighted by molar-refractivity contribution is 0.0696.